The first-order valence-corrected chi connectivity index (χ1v) is 9.22. The summed E-state index contributed by atoms with van der Waals surface area (Å²) in [6.45, 7) is 3.66. The molecule has 1 aromatic heterocycles. The summed E-state index contributed by atoms with van der Waals surface area (Å²) in [5.74, 6) is -0.162. The Kier molecular flexibility index (Phi) is 5.71. The van der Waals surface area contributed by atoms with E-state index in [9.17, 15) is 9.59 Å². The quantitative estimate of drug-likeness (QED) is 0.657. The number of carbonyl (C=O) groups is 2. The number of aromatic nitrogens is 1. The third-order valence-corrected chi connectivity index (χ3v) is 4.87. The van der Waals surface area contributed by atoms with Crippen LogP contribution in [0.4, 0.5) is 5.13 Å². The van der Waals surface area contributed by atoms with Crippen molar-refractivity contribution >= 4 is 38.6 Å². The van der Waals surface area contributed by atoms with E-state index >= 15 is 0 Å². The molecule has 0 fully saturated rings. The second-order valence-electron chi connectivity index (χ2n) is 6.18. The normalized spacial score (nSPS) is 10.6. The van der Waals surface area contributed by atoms with Gasteiger partial charge in [0.15, 0.2) is 11.7 Å². The van der Waals surface area contributed by atoms with E-state index in [-0.39, 0.29) is 13.0 Å². The topological polar surface area (TPSA) is 77.5 Å². The summed E-state index contributed by atoms with van der Waals surface area (Å²) >= 11 is 1.40. The van der Waals surface area contributed by atoms with Crippen LogP contribution in [-0.4, -0.2) is 30.6 Å². The highest BCUT2D eigenvalue weighted by Crippen LogP contribution is 2.29. The lowest BCUT2D eigenvalue weighted by molar-refractivity contribution is -0.146. The number of ether oxygens (including phenoxy) is 2. The first-order valence-electron chi connectivity index (χ1n) is 8.41. The van der Waals surface area contributed by atoms with Gasteiger partial charge in [0.2, 0.25) is 0 Å². The number of benzene rings is 2. The largest absolute Gasteiger partial charge is 0.497 e. The molecule has 0 unspecified atom stereocenters. The zero-order valence-electron chi connectivity index (χ0n) is 15.4. The second kappa shape index (κ2) is 8.18. The van der Waals surface area contributed by atoms with Crippen LogP contribution in [0.5, 0.6) is 5.75 Å². The smallest absolute Gasteiger partial charge is 0.310 e. The molecule has 27 heavy (non-hydrogen) atoms. The molecule has 0 saturated heterocycles. The van der Waals surface area contributed by atoms with Crippen molar-refractivity contribution in [1.29, 1.82) is 0 Å². The Morgan fingerprint density at radius 3 is 2.59 bits per heavy atom. The number of thiazole rings is 1. The molecule has 7 heteroatoms. The van der Waals surface area contributed by atoms with Crippen molar-refractivity contribution in [2.45, 2.75) is 20.3 Å². The van der Waals surface area contributed by atoms with Gasteiger partial charge in [0.25, 0.3) is 5.91 Å². The minimum absolute atomic E-state index is 0.0941. The number of rotatable bonds is 6. The van der Waals surface area contributed by atoms with Crippen molar-refractivity contribution in [3.8, 4) is 5.75 Å². The first-order chi connectivity index (χ1) is 12.9. The highest BCUT2D eigenvalue weighted by Gasteiger charge is 2.12. The van der Waals surface area contributed by atoms with E-state index in [0.717, 1.165) is 26.9 Å². The summed E-state index contributed by atoms with van der Waals surface area (Å²) in [6.07, 6.45) is 0.0941. The molecule has 1 N–H and O–H groups in total. The molecule has 3 rings (SSSR count). The van der Waals surface area contributed by atoms with Crippen molar-refractivity contribution in [3.63, 3.8) is 0 Å². The number of hydrogen-bond donors (Lipinski definition) is 1. The number of fused-ring (bicyclic) bond motifs is 1. The lowest BCUT2D eigenvalue weighted by atomic mass is 10.1. The number of esters is 1. The SMILES string of the molecule is COc1ccc(CC(=O)OCC(=O)Nc2nc3c(C)cc(C)cc3s2)cc1. The summed E-state index contributed by atoms with van der Waals surface area (Å²) in [6, 6.07) is 11.2. The molecule has 140 valence electrons. The van der Waals surface area contributed by atoms with Gasteiger partial charge >= 0.3 is 5.97 Å². The van der Waals surface area contributed by atoms with Crippen molar-refractivity contribution in [2.24, 2.45) is 0 Å². The Morgan fingerprint density at radius 2 is 1.89 bits per heavy atom. The lowest BCUT2D eigenvalue weighted by Crippen LogP contribution is -2.21. The molecule has 0 radical (unpaired) electrons. The van der Waals surface area contributed by atoms with Crippen LogP contribution in [0.15, 0.2) is 36.4 Å². The van der Waals surface area contributed by atoms with Gasteiger partial charge < -0.3 is 9.47 Å². The lowest BCUT2D eigenvalue weighted by Gasteiger charge is -2.05. The number of amides is 1. The van der Waals surface area contributed by atoms with Crippen LogP contribution >= 0.6 is 11.3 Å². The number of anilines is 1. The van der Waals surface area contributed by atoms with Gasteiger partial charge in [-0.1, -0.05) is 29.5 Å². The van der Waals surface area contributed by atoms with E-state index in [4.69, 9.17) is 9.47 Å². The highest BCUT2D eigenvalue weighted by atomic mass is 32.1. The zero-order chi connectivity index (χ0) is 19.4. The molecule has 1 amide bonds. The standard InChI is InChI=1S/C20H20N2O4S/c1-12-8-13(2)19-16(9-12)27-20(22-19)21-17(23)11-26-18(24)10-14-4-6-15(25-3)7-5-14/h4-9H,10-11H2,1-3H3,(H,21,22,23). The maximum atomic E-state index is 12.0. The number of aryl methyl sites for hydroxylation is 2. The van der Waals surface area contributed by atoms with E-state index in [1.165, 1.54) is 11.3 Å². The van der Waals surface area contributed by atoms with Crippen LogP contribution in [0.2, 0.25) is 0 Å². The van der Waals surface area contributed by atoms with Gasteiger partial charge in [-0.15, -0.1) is 0 Å². The summed E-state index contributed by atoms with van der Waals surface area (Å²) in [7, 11) is 1.58. The minimum atomic E-state index is -0.467. The molecule has 0 atom stereocenters. The van der Waals surface area contributed by atoms with Crippen LogP contribution in [0.1, 0.15) is 16.7 Å². The molecule has 0 spiro atoms. The van der Waals surface area contributed by atoms with Crippen molar-refractivity contribution in [2.75, 3.05) is 19.0 Å². The third-order valence-electron chi connectivity index (χ3n) is 3.95. The van der Waals surface area contributed by atoms with Gasteiger partial charge in [-0.3, -0.25) is 14.9 Å². The van der Waals surface area contributed by atoms with Gasteiger partial charge in [-0.2, -0.15) is 0 Å². The Bertz CT molecular complexity index is 980. The molecule has 2 aromatic carbocycles. The molecule has 0 saturated carbocycles. The molecule has 1 heterocycles. The molecule has 0 aliphatic carbocycles. The predicted octanol–water partition coefficient (Wildman–Crippen LogP) is 3.65. The summed E-state index contributed by atoms with van der Waals surface area (Å²) in [5, 5.41) is 3.18. The third kappa shape index (κ3) is 4.83. The Labute approximate surface area is 161 Å². The minimum Gasteiger partial charge on any atom is -0.497 e. The zero-order valence-corrected chi connectivity index (χ0v) is 16.2. The van der Waals surface area contributed by atoms with E-state index in [1.54, 1.807) is 31.4 Å². The fourth-order valence-corrected chi connectivity index (χ4v) is 3.74. The molecule has 0 bridgehead atoms. The Hall–Kier alpha value is -2.93. The fraction of sp³-hybridized carbons (Fsp3) is 0.250. The molecule has 0 aliphatic heterocycles. The van der Waals surface area contributed by atoms with Crippen LogP contribution in [-0.2, 0) is 20.7 Å². The average molecular weight is 384 g/mol. The van der Waals surface area contributed by atoms with Crippen molar-refractivity contribution < 1.29 is 19.1 Å². The molecule has 6 nitrogen and oxygen atoms in total. The number of nitrogens with zero attached hydrogens (tertiary/aromatic N) is 1. The average Bonchev–Trinajstić information content (AvgIpc) is 3.03. The van der Waals surface area contributed by atoms with Crippen molar-refractivity contribution in [1.82, 2.24) is 4.98 Å². The molecular formula is C20H20N2O4S. The van der Waals surface area contributed by atoms with E-state index in [0.29, 0.717) is 10.9 Å². The summed E-state index contributed by atoms with van der Waals surface area (Å²) < 4.78 is 11.1. The molecule has 0 aliphatic rings. The Balaban J connectivity index is 1.53. The van der Waals surface area contributed by atoms with Gasteiger partial charge in [-0.25, -0.2) is 4.98 Å². The second-order valence-corrected chi connectivity index (χ2v) is 7.21. The summed E-state index contributed by atoms with van der Waals surface area (Å²) in [5.41, 5.74) is 3.87. The van der Waals surface area contributed by atoms with Crippen LogP contribution in [0.25, 0.3) is 10.2 Å². The first kappa shape index (κ1) is 18.8. The molecular weight excluding hydrogens is 364 g/mol. The van der Waals surface area contributed by atoms with Gasteiger partial charge in [0, 0.05) is 0 Å². The highest BCUT2D eigenvalue weighted by molar-refractivity contribution is 7.22. The number of carbonyl (C=O) groups excluding carboxylic acids is 2. The predicted molar refractivity (Wildman–Crippen MR) is 105 cm³/mol. The molecule has 3 aromatic rings. The van der Waals surface area contributed by atoms with E-state index in [2.05, 4.69) is 16.4 Å². The van der Waals surface area contributed by atoms with Crippen LogP contribution in [0, 0.1) is 13.8 Å². The van der Waals surface area contributed by atoms with Gasteiger partial charge in [0.1, 0.15) is 5.75 Å². The monoisotopic (exact) mass is 384 g/mol. The van der Waals surface area contributed by atoms with Crippen LogP contribution < -0.4 is 10.1 Å². The number of hydrogen-bond acceptors (Lipinski definition) is 6. The van der Waals surface area contributed by atoms with E-state index < -0.39 is 11.9 Å². The maximum Gasteiger partial charge on any atom is 0.310 e. The van der Waals surface area contributed by atoms with Crippen LogP contribution in [0.3, 0.4) is 0 Å². The van der Waals surface area contributed by atoms with E-state index in [1.807, 2.05) is 19.9 Å². The number of nitrogens with one attached hydrogen (secondary N) is 1. The van der Waals surface area contributed by atoms with Gasteiger partial charge in [0.05, 0.1) is 23.7 Å². The number of methoxy groups -OCH3 is 1. The fourth-order valence-electron chi connectivity index (χ4n) is 2.69. The maximum absolute atomic E-state index is 12.0. The van der Waals surface area contributed by atoms with Gasteiger partial charge in [-0.05, 0) is 48.7 Å². The van der Waals surface area contributed by atoms with Crippen molar-refractivity contribution in [3.05, 3.63) is 53.1 Å². The summed E-state index contributed by atoms with van der Waals surface area (Å²) in [4.78, 5) is 28.4. The Morgan fingerprint density at radius 1 is 1.15 bits per heavy atom.